The first-order chi connectivity index (χ1) is 9.33. The molecule has 0 aliphatic rings. The van der Waals surface area contributed by atoms with E-state index < -0.39 is 0 Å². The second kappa shape index (κ2) is 7.10. The topological polar surface area (TPSA) is 29.9 Å². The van der Waals surface area contributed by atoms with E-state index in [9.17, 15) is 0 Å². The van der Waals surface area contributed by atoms with Gasteiger partial charge in [0.05, 0.1) is 12.4 Å². The minimum absolute atomic E-state index is 0.342. The number of hydrogen-bond donors (Lipinski definition) is 1. The van der Waals surface area contributed by atoms with Crippen molar-refractivity contribution in [2.45, 2.75) is 39.3 Å². The minimum Gasteiger partial charge on any atom is -0.336 e. The molecule has 1 heterocycles. The molecular weight excluding hydrogens is 234 g/mol. The Bertz CT molecular complexity index is 459. The van der Waals surface area contributed by atoms with Gasteiger partial charge in [0.2, 0.25) is 0 Å². The van der Waals surface area contributed by atoms with Crippen LogP contribution in [0, 0.1) is 0 Å². The smallest absolute Gasteiger partial charge is 0.0946 e. The van der Waals surface area contributed by atoms with Gasteiger partial charge in [-0.25, -0.2) is 4.98 Å². The quantitative estimate of drug-likeness (QED) is 0.825. The van der Waals surface area contributed by atoms with Gasteiger partial charge in [0, 0.05) is 18.9 Å². The van der Waals surface area contributed by atoms with Gasteiger partial charge in [-0.1, -0.05) is 44.5 Å². The molecule has 0 saturated carbocycles. The Labute approximate surface area is 115 Å². The van der Waals surface area contributed by atoms with E-state index in [4.69, 9.17) is 0 Å². The van der Waals surface area contributed by atoms with E-state index in [1.807, 2.05) is 18.7 Å². The van der Waals surface area contributed by atoms with Crippen molar-refractivity contribution in [3.8, 4) is 0 Å². The lowest BCUT2D eigenvalue weighted by molar-refractivity contribution is 0.474. The first kappa shape index (κ1) is 13.8. The predicted octanol–water partition coefficient (Wildman–Crippen LogP) is 3.19. The Morgan fingerprint density at radius 2 is 2.00 bits per heavy atom. The summed E-state index contributed by atoms with van der Waals surface area (Å²) in [5.74, 6) is 0. The summed E-state index contributed by atoms with van der Waals surface area (Å²) >= 11 is 0. The molecule has 19 heavy (non-hydrogen) atoms. The Balaban J connectivity index is 2.09. The summed E-state index contributed by atoms with van der Waals surface area (Å²) in [7, 11) is 0. The van der Waals surface area contributed by atoms with Crippen LogP contribution in [0.2, 0.25) is 0 Å². The van der Waals surface area contributed by atoms with Crippen LogP contribution in [0.15, 0.2) is 43.0 Å². The standard InChI is InChI=1S/C16H23N3/c1-3-5-14-6-8-15(9-7-14)16(18-4-2)12-19-11-10-17-13-19/h6-11,13,16,18H,3-5,12H2,1-2H3. The third-order valence-electron chi connectivity index (χ3n) is 3.32. The minimum atomic E-state index is 0.342. The highest BCUT2D eigenvalue weighted by Gasteiger charge is 2.10. The van der Waals surface area contributed by atoms with E-state index in [-0.39, 0.29) is 0 Å². The highest BCUT2D eigenvalue weighted by molar-refractivity contribution is 5.25. The maximum Gasteiger partial charge on any atom is 0.0946 e. The van der Waals surface area contributed by atoms with Gasteiger partial charge in [-0.2, -0.15) is 0 Å². The van der Waals surface area contributed by atoms with Crippen LogP contribution in [-0.4, -0.2) is 16.1 Å². The first-order valence-corrected chi connectivity index (χ1v) is 7.11. The molecule has 1 aromatic carbocycles. The maximum atomic E-state index is 4.10. The Hall–Kier alpha value is -1.61. The van der Waals surface area contributed by atoms with E-state index in [0.717, 1.165) is 19.5 Å². The number of likely N-dealkylation sites (N-methyl/N-ethyl adjacent to an activating group) is 1. The number of nitrogens with one attached hydrogen (secondary N) is 1. The zero-order chi connectivity index (χ0) is 13.5. The van der Waals surface area contributed by atoms with E-state index in [0.29, 0.717) is 6.04 Å². The van der Waals surface area contributed by atoms with Crippen LogP contribution in [0.1, 0.15) is 37.4 Å². The van der Waals surface area contributed by atoms with Crippen molar-refractivity contribution in [1.29, 1.82) is 0 Å². The fourth-order valence-corrected chi connectivity index (χ4v) is 2.35. The number of hydrogen-bond acceptors (Lipinski definition) is 2. The van der Waals surface area contributed by atoms with E-state index in [2.05, 4.69) is 53.0 Å². The van der Waals surface area contributed by atoms with Crippen LogP contribution in [0.5, 0.6) is 0 Å². The summed E-state index contributed by atoms with van der Waals surface area (Å²) < 4.78 is 2.12. The van der Waals surface area contributed by atoms with Crippen molar-refractivity contribution in [2.75, 3.05) is 6.54 Å². The van der Waals surface area contributed by atoms with Gasteiger partial charge in [0.25, 0.3) is 0 Å². The molecule has 0 fully saturated rings. The number of rotatable bonds is 7. The van der Waals surface area contributed by atoms with Gasteiger partial charge in [0.15, 0.2) is 0 Å². The zero-order valence-electron chi connectivity index (χ0n) is 11.8. The van der Waals surface area contributed by atoms with Crippen LogP contribution in [0.3, 0.4) is 0 Å². The summed E-state index contributed by atoms with van der Waals surface area (Å²) in [6.07, 6.45) is 8.07. The first-order valence-electron chi connectivity index (χ1n) is 7.11. The van der Waals surface area contributed by atoms with E-state index in [1.54, 1.807) is 0 Å². The molecule has 0 aliphatic carbocycles. The number of aromatic nitrogens is 2. The predicted molar refractivity (Wildman–Crippen MR) is 79.1 cm³/mol. The van der Waals surface area contributed by atoms with Crippen molar-refractivity contribution in [3.05, 3.63) is 54.1 Å². The molecule has 3 nitrogen and oxygen atoms in total. The lowest BCUT2D eigenvalue weighted by atomic mass is 10.0. The van der Waals surface area contributed by atoms with Crippen molar-refractivity contribution < 1.29 is 0 Å². The van der Waals surface area contributed by atoms with Crippen LogP contribution in [0.4, 0.5) is 0 Å². The molecule has 0 amide bonds. The Morgan fingerprint density at radius 3 is 2.58 bits per heavy atom. The molecule has 102 valence electrons. The van der Waals surface area contributed by atoms with Gasteiger partial charge >= 0.3 is 0 Å². The third-order valence-corrected chi connectivity index (χ3v) is 3.32. The van der Waals surface area contributed by atoms with Gasteiger partial charge < -0.3 is 9.88 Å². The summed E-state index contributed by atoms with van der Waals surface area (Å²) in [5, 5.41) is 3.54. The molecule has 0 spiro atoms. The Kier molecular flexibility index (Phi) is 5.16. The monoisotopic (exact) mass is 257 g/mol. The largest absolute Gasteiger partial charge is 0.336 e. The van der Waals surface area contributed by atoms with Crippen molar-refractivity contribution >= 4 is 0 Å². The molecule has 0 saturated heterocycles. The summed E-state index contributed by atoms with van der Waals surface area (Å²) in [6.45, 7) is 6.25. The number of imidazole rings is 1. The van der Waals surface area contributed by atoms with Gasteiger partial charge in [-0.3, -0.25) is 0 Å². The lowest BCUT2D eigenvalue weighted by Crippen LogP contribution is -2.25. The fraction of sp³-hybridized carbons (Fsp3) is 0.438. The molecule has 2 rings (SSSR count). The fourth-order valence-electron chi connectivity index (χ4n) is 2.35. The van der Waals surface area contributed by atoms with E-state index in [1.165, 1.54) is 17.5 Å². The van der Waals surface area contributed by atoms with Crippen LogP contribution < -0.4 is 5.32 Å². The van der Waals surface area contributed by atoms with Crippen LogP contribution in [-0.2, 0) is 13.0 Å². The average molecular weight is 257 g/mol. The summed E-state index contributed by atoms with van der Waals surface area (Å²) in [4.78, 5) is 4.10. The molecule has 1 unspecified atom stereocenters. The number of aryl methyl sites for hydroxylation is 1. The second-order valence-electron chi connectivity index (χ2n) is 4.86. The van der Waals surface area contributed by atoms with Crippen molar-refractivity contribution in [1.82, 2.24) is 14.9 Å². The van der Waals surface area contributed by atoms with Gasteiger partial charge in [-0.05, 0) is 24.1 Å². The molecule has 3 heteroatoms. The number of nitrogens with zero attached hydrogens (tertiary/aromatic N) is 2. The highest BCUT2D eigenvalue weighted by Crippen LogP contribution is 2.16. The number of benzene rings is 1. The Morgan fingerprint density at radius 1 is 1.21 bits per heavy atom. The molecular formula is C16H23N3. The van der Waals surface area contributed by atoms with Crippen LogP contribution in [0.25, 0.3) is 0 Å². The van der Waals surface area contributed by atoms with Gasteiger partial charge in [0.1, 0.15) is 0 Å². The second-order valence-corrected chi connectivity index (χ2v) is 4.86. The zero-order valence-corrected chi connectivity index (χ0v) is 11.8. The highest BCUT2D eigenvalue weighted by atomic mass is 15.1. The molecule has 1 atom stereocenters. The molecule has 1 aromatic heterocycles. The van der Waals surface area contributed by atoms with Gasteiger partial charge in [-0.15, -0.1) is 0 Å². The summed E-state index contributed by atoms with van der Waals surface area (Å²) in [6, 6.07) is 9.33. The lowest BCUT2D eigenvalue weighted by Gasteiger charge is -2.19. The van der Waals surface area contributed by atoms with E-state index >= 15 is 0 Å². The molecule has 2 aromatic rings. The molecule has 0 radical (unpaired) electrons. The molecule has 0 aliphatic heterocycles. The summed E-state index contributed by atoms with van der Waals surface area (Å²) in [5.41, 5.74) is 2.76. The van der Waals surface area contributed by atoms with Crippen molar-refractivity contribution in [2.24, 2.45) is 0 Å². The maximum absolute atomic E-state index is 4.10. The van der Waals surface area contributed by atoms with Crippen molar-refractivity contribution in [3.63, 3.8) is 0 Å². The normalized spacial score (nSPS) is 12.5. The molecule has 0 bridgehead atoms. The molecule has 1 N–H and O–H groups in total. The third kappa shape index (κ3) is 3.93. The average Bonchev–Trinajstić information content (AvgIpc) is 2.93. The van der Waals surface area contributed by atoms with Crippen LogP contribution >= 0.6 is 0 Å². The SMILES string of the molecule is CCCc1ccc(C(Cn2ccnc2)NCC)cc1.